The Kier molecular flexibility index (Phi) is 3.14. The van der Waals surface area contributed by atoms with Gasteiger partial charge in [-0.2, -0.15) is 0 Å². The molecule has 2 rings (SSSR count). The van der Waals surface area contributed by atoms with Gasteiger partial charge in [-0.15, -0.1) is 0 Å². The summed E-state index contributed by atoms with van der Waals surface area (Å²) in [6.45, 7) is 3.69. The van der Waals surface area contributed by atoms with Gasteiger partial charge < -0.3 is 4.79 Å². The van der Waals surface area contributed by atoms with Gasteiger partial charge in [0.1, 0.15) is 6.29 Å². The number of aromatic nitrogens is 2. The highest BCUT2D eigenvalue weighted by Crippen LogP contribution is 2.33. The normalized spacial score (nSPS) is 15.9. The van der Waals surface area contributed by atoms with Crippen LogP contribution >= 0.6 is 11.9 Å². The summed E-state index contributed by atoms with van der Waals surface area (Å²) >= 11 is 1.66. The summed E-state index contributed by atoms with van der Waals surface area (Å²) in [5.74, 6) is 0.587. The molecular weight excluding hydrogens is 222 g/mol. The van der Waals surface area contributed by atoms with E-state index in [9.17, 15) is 4.79 Å². The maximum absolute atomic E-state index is 10.9. The molecule has 86 valence electrons. The summed E-state index contributed by atoms with van der Waals surface area (Å²) in [6.07, 6.45) is 5.12. The molecule has 4 nitrogen and oxygen atoms in total. The first-order valence-electron chi connectivity index (χ1n) is 5.33. The van der Waals surface area contributed by atoms with E-state index in [1.165, 1.54) is 12.8 Å². The Morgan fingerprint density at radius 2 is 2.31 bits per heavy atom. The van der Waals surface area contributed by atoms with E-state index in [0.717, 1.165) is 12.0 Å². The van der Waals surface area contributed by atoms with Crippen molar-refractivity contribution in [3.63, 3.8) is 0 Å². The van der Waals surface area contributed by atoms with Crippen molar-refractivity contribution in [1.29, 1.82) is 0 Å². The van der Waals surface area contributed by atoms with Gasteiger partial charge in [-0.3, -0.25) is 4.72 Å². The van der Waals surface area contributed by atoms with Gasteiger partial charge in [0.05, 0.1) is 11.1 Å². The van der Waals surface area contributed by atoms with Gasteiger partial charge in [0.2, 0.25) is 5.95 Å². The quantitative estimate of drug-likeness (QED) is 0.628. The number of anilines is 1. The van der Waals surface area contributed by atoms with Crippen LogP contribution in [0.15, 0.2) is 12.3 Å². The molecule has 0 amide bonds. The van der Waals surface area contributed by atoms with Crippen LogP contribution in [0.25, 0.3) is 0 Å². The molecule has 5 heteroatoms. The van der Waals surface area contributed by atoms with Gasteiger partial charge in [0.15, 0.2) is 0 Å². The lowest BCUT2D eigenvalue weighted by atomic mass is 9.91. The minimum absolute atomic E-state index is 0.552. The Morgan fingerprint density at radius 3 is 2.94 bits per heavy atom. The lowest BCUT2D eigenvalue weighted by Gasteiger charge is -2.16. The van der Waals surface area contributed by atoms with E-state index in [0.29, 0.717) is 11.2 Å². The average Bonchev–Trinajstić information content (AvgIpc) is 3.11. The third kappa shape index (κ3) is 2.72. The molecule has 16 heavy (non-hydrogen) atoms. The highest BCUT2D eigenvalue weighted by Gasteiger charge is 2.24. The van der Waals surface area contributed by atoms with Crippen LogP contribution in [0, 0.1) is 0 Å². The Bertz CT molecular complexity index is 391. The van der Waals surface area contributed by atoms with Crippen LogP contribution < -0.4 is 4.72 Å². The monoisotopic (exact) mass is 237 g/mol. The molecule has 1 saturated carbocycles. The van der Waals surface area contributed by atoms with E-state index in [-0.39, 0.29) is 0 Å². The van der Waals surface area contributed by atoms with Gasteiger partial charge >= 0.3 is 0 Å². The number of hydrogen-bond acceptors (Lipinski definition) is 5. The van der Waals surface area contributed by atoms with Crippen LogP contribution in [-0.4, -0.2) is 21.5 Å². The van der Waals surface area contributed by atoms with E-state index in [4.69, 9.17) is 0 Å². The van der Waals surface area contributed by atoms with E-state index >= 15 is 0 Å². The van der Waals surface area contributed by atoms with Gasteiger partial charge in [0.25, 0.3) is 0 Å². The van der Waals surface area contributed by atoms with Crippen LogP contribution in [-0.2, 0) is 10.2 Å². The van der Waals surface area contributed by atoms with E-state index in [1.54, 1.807) is 24.2 Å². The Balaban J connectivity index is 2.08. The molecule has 0 radical (unpaired) electrons. The summed E-state index contributed by atoms with van der Waals surface area (Å²) in [6, 6.07) is 1.78. The second-order valence-corrected chi connectivity index (χ2v) is 5.63. The number of nitrogens with one attached hydrogen (secondary N) is 1. The Labute approximate surface area is 99.4 Å². The summed E-state index contributed by atoms with van der Waals surface area (Å²) in [7, 11) is 0. The minimum atomic E-state index is -0.552. The molecule has 1 heterocycles. The second-order valence-electron chi connectivity index (χ2n) is 4.52. The van der Waals surface area contributed by atoms with Crippen molar-refractivity contribution in [2.45, 2.75) is 37.4 Å². The third-order valence-electron chi connectivity index (χ3n) is 2.45. The predicted molar refractivity (Wildman–Crippen MR) is 65.4 cm³/mol. The molecule has 0 saturated heterocycles. The zero-order valence-electron chi connectivity index (χ0n) is 9.43. The molecule has 1 aromatic rings. The Morgan fingerprint density at radius 1 is 1.56 bits per heavy atom. The number of carbonyl (C=O) groups excluding carboxylic acids is 1. The number of hydrogen-bond donors (Lipinski definition) is 1. The molecule has 1 N–H and O–H groups in total. The number of rotatable bonds is 5. The SMILES string of the molecule is CC(C)(C=O)c1ccnc(NSC2CC2)n1. The molecule has 0 spiro atoms. The summed E-state index contributed by atoms with van der Waals surface area (Å²) < 4.78 is 3.12. The van der Waals surface area contributed by atoms with E-state index in [1.807, 2.05) is 13.8 Å². The van der Waals surface area contributed by atoms with Crippen molar-refractivity contribution in [2.24, 2.45) is 0 Å². The van der Waals surface area contributed by atoms with Crippen LogP contribution in [0.2, 0.25) is 0 Å². The number of carbonyl (C=O) groups is 1. The summed E-state index contributed by atoms with van der Waals surface area (Å²) in [4.78, 5) is 19.4. The van der Waals surface area contributed by atoms with Crippen LogP contribution in [0.1, 0.15) is 32.4 Å². The molecule has 0 atom stereocenters. The maximum Gasteiger partial charge on any atom is 0.233 e. The molecule has 1 aromatic heterocycles. The van der Waals surface area contributed by atoms with Crippen molar-refractivity contribution in [1.82, 2.24) is 9.97 Å². The third-order valence-corrected chi connectivity index (χ3v) is 3.56. The lowest BCUT2D eigenvalue weighted by molar-refractivity contribution is -0.111. The van der Waals surface area contributed by atoms with E-state index in [2.05, 4.69) is 14.7 Å². The maximum atomic E-state index is 10.9. The predicted octanol–water partition coefficient (Wildman–Crippen LogP) is 2.18. The van der Waals surface area contributed by atoms with Gasteiger partial charge in [-0.25, -0.2) is 9.97 Å². The van der Waals surface area contributed by atoms with Crippen molar-refractivity contribution < 1.29 is 4.79 Å². The number of aldehydes is 1. The van der Waals surface area contributed by atoms with Crippen molar-refractivity contribution >= 4 is 24.2 Å². The number of nitrogens with zero attached hydrogens (tertiary/aromatic N) is 2. The fraction of sp³-hybridized carbons (Fsp3) is 0.545. The molecule has 1 aliphatic carbocycles. The van der Waals surface area contributed by atoms with Crippen molar-refractivity contribution in [2.75, 3.05) is 4.72 Å². The minimum Gasteiger partial charge on any atom is -0.302 e. The average molecular weight is 237 g/mol. The molecule has 0 aliphatic heterocycles. The molecule has 0 unspecified atom stereocenters. The van der Waals surface area contributed by atoms with Crippen molar-refractivity contribution in [3.8, 4) is 0 Å². The van der Waals surface area contributed by atoms with Crippen LogP contribution in [0.3, 0.4) is 0 Å². The molecule has 0 bridgehead atoms. The van der Waals surface area contributed by atoms with Crippen LogP contribution in [0.5, 0.6) is 0 Å². The lowest BCUT2D eigenvalue weighted by Crippen LogP contribution is -2.21. The second kappa shape index (κ2) is 4.41. The molecule has 0 aromatic carbocycles. The molecular formula is C11H15N3OS. The van der Waals surface area contributed by atoms with Gasteiger partial charge in [-0.05, 0) is 44.7 Å². The topological polar surface area (TPSA) is 54.9 Å². The largest absolute Gasteiger partial charge is 0.302 e. The fourth-order valence-electron chi connectivity index (χ4n) is 1.15. The van der Waals surface area contributed by atoms with Gasteiger partial charge in [-0.1, -0.05) is 0 Å². The molecule has 1 fully saturated rings. The summed E-state index contributed by atoms with van der Waals surface area (Å²) in [5.41, 5.74) is 0.195. The zero-order valence-corrected chi connectivity index (χ0v) is 10.3. The first kappa shape index (κ1) is 11.4. The summed E-state index contributed by atoms with van der Waals surface area (Å²) in [5, 5.41) is 0.700. The van der Waals surface area contributed by atoms with Gasteiger partial charge in [0, 0.05) is 11.4 Å². The smallest absolute Gasteiger partial charge is 0.233 e. The molecule has 1 aliphatic rings. The van der Waals surface area contributed by atoms with Crippen molar-refractivity contribution in [3.05, 3.63) is 18.0 Å². The first-order chi connectivity index (χ1) is 7.62. The van der Waals surface area contributed by atoms with E-state index < -0.39 is 5.41 Å². The van der Waals surface area contributed by atoms with Crippen LogP contribution in [0.4, 0.5) is 5.95 Å². The zero-order chi connectivity index (χ0) is 11.6. The standard InChI is InChI=1S/C11H15N3OS/c1-11(2,7-15)9-5-6-12-10(13-9)14-16-8-3-4-8/h5-8H,3-4H2,1-2H3,(H,12,13,14). The first-order valence-corrected chi connectivity index (χ1v) is 6.21. The highest BCUT2D eigenvalue weighted by atomic mass is 32.2. The fourth-order valence-corrected chi connectivity index (χ4v) is 1.89. The Hall–Kier alpha value is -1.10. The highest BCUT2D eigenvalue weighted by molar-refractivity contribution is 8.01.